The highest BCUT2D eigenvalue weighted by Crippen LogP contribution is 2.23. The van der Waals surface area contributed by atoms with Crippen molar-refractivity contribution < 1.29 is 17.6 Å². The molecule has 0 aliphatic heterocycles. The number of halogens is 1. The molecule has 2 aromatic rings. The summed E-state index contributed by atoms with van der Waals surface area (Å²) in [6, 6.07) is 6.08. The maximum absolute atomic E-state index is 11.4. The van der Waals surface area contributed by atoms with E-state index in [4.69, 9.17) is 20.8 Å². The van der Waals surface area contributed by atoms with Crippen molar-refractivity contribution in [3.05, 3.63) is 36.2 Å². The molecule has 0 spiro atoms. The molecule has 0 saturated carbocycles. The number of benzene rings is 1. The third-order valence-corrected chi connectivity index (χ3v) is 3.49. The first-order chi connectivity index (χ1) is 8.49. The summed E-state index contributed by atoms with van der Waals surface area (Å²) in [6.07, 6.45) is 2.53. The Kier molecular flexibility index (Phi) is 3.58. The van der Waals surface area contributed by atoms with Gasteiger partial charge in [0.15, 0.2) is 9.84 Å². The van der Waals surface area contributed by atoms with Crippen molar-refractivity contribution in [2.45, 2.75) is 10.8 Å². The molecule has 0 aliphatic carbocycles. The third-order valence-electron chi connectivity index (χ3n) is 2.11. The summed E-state index contributed by atoms with van der Waals surface area (Å²) in [5.74, 6) is 0.553. The molecule has 96 valence electrons. The highest BCUT2D eigenvalue weighted by Gasteiger charge is 2.10. The number of aromatic nitrogens is 1. The lowest BCUT2D eigenvalue weighted by atomic mass is 10.3. The molecule has 5 nitrogen and oxygen atoms in total. The lowest BCUT2D eigenvalue weighted by Gasteiger charge is -2.02. The Balaban J connectivity index is 2.24. The molecule has 0 aliphatic rings. The summed E-state index contributed by atoms with van der Waals surface area (Å²) >= 11 is 5.57. The molecule has 1 aromatic carbocycles. The van der Waals surface area contributed by atoms with Gasteiger partial charge in [0.05, 0.1) is 16.5 Å². The number of hydrogen-bond acceptors (Lipinski definition) is 5. The fourth-order valence-electron chi connectivity index (χ4n) is 1.27. The highest BCUT2D eigenvalue weighted by molar-refractivity contribution is 7.90. The fraction of sp³-hybridized carbons (Fsp3) is 0.182. The lowest BCUT2D eigenvalue weighted by molar-refractivity contribution is 0.330. The molecule has 2 rings (SSSR count). The van der Waals surface area contributed by atoms with E-state index in [9.17, 15) is 8.42 Å². The second-order valence-corrected chi connectivity index (χ2v) is 5.87. The minimum Gasteiger partial charge on any atom is -0.417 e. The van der Waals surface area contributed by atoms with Gasteiger partial charge in [-0.15, -0.1) is 11.6 Å². The van der Waals surface area contributed by atoms with Gasteiger partial charge in [0.1, 0.15) is 12.0 Å². The van der Waals surface area contributed by atoms with Gasteiger partial charge < -0.3 is 9.15 Å². The summed E-state index contributed by atoms with van der Waals surface area (Å²) in [4.78, 5) is 4.12. The fourth-order valence-corrected chi connectivity index (χ4v) is 2.04. The zero-order chi connectivity index (χ0) is 13.2. The summed E-state index contributed by atoms with van der Waals surface area (Å²) in [6.45, 7) is 0. The first-order valence-corrected chi connectivity index (χ1v) is 7.40. The standard InChI is InChI=1S/C11H10ClNO4S/c1-18(14,15)10-4-2-3-9(5-10)17-11-13-8(6-12)7-16-11/h2-5,7H,6H2,1H3. The zero-order valence-electron chi connectivity index (χ0n) is 9.46. The van der Waals surface area contributed by atoms with Crippen LogP contribution in [0.5, 0.6) is 11.8 Å². The molecule has 18 heavy (non-hydrogen) atoms. The largest absolute Gasteiger partial charge is 0.417 e. The van der Waals surface area contributed by atoms with E-state index in [-0.39, 0.29) is 16.9 Å². The Morgan fingerprint density at radius 3 is 2.83 bits per heavy atom. The van der Waals surface area contributed by atoms with E-state index in [0.29, 0.717) is 11.4 Å². The van der Waals surface area contributed by atoms with Crippen molar-refractivity contribution in [3.63, 3.8) is 0 Å². The second kappa shape index (κ2) is 4.99. The monoisotopic (exact) mass is 287 g/mol. The van der Waals surface area contributed by atoms with Gasteiger partial charge in [-0.1, -0.05) is 6.07 Å². The van der Waals surface area contributed by atoms with Gasteiger partial charge in [-0.2, -0.15) is 4.98 Å². The van der Waals surface area contributed by atoms with Crippen LogP contribution in [0.4, 0.5) is 0 Å². The molecule has 0 atom stereocenters. The predicted octanol–water partition coefficient (Wildman–Crippen LogP) is 2.61. The summed E-state index contributed by atoms with van der Waals surface area (Å²) in [5.41, 5.74) is 0.547. The number of ether oxygens (including phenoxy) is 1. The van der Waals surface area contributed by atoms with Gasteiger partial charge in [0.25, 0.3) is 0 Å². The average Bonchev–Trinajstić information content (AvgIpc) is 2.76. The Hall–Kier alpha value is -1.53. The van der Waals surface area contributed by atoms with Crippen LogP contribution >= 0.6 is 11.6 Å². The molecular formula is C11H10ClNO4S. The van der Waals surface area contributed by atoms with Gasteiger partial charge in [-0.05, 0) is 18.2 Å². The van der Waals surface area contributed by atoms with Gasteiger partial charge in [0, 0.05) is 6.26 Å². The van der Waals surface area contributed by atoms with Crippen LogP contribution < -0.4 is 4.74 Å². The first kappa shape index (κ1) is 12.9. The van der Waals surface area contributed by atoms with Crippen molar-refractivity contribution >= 4 is 21.4 Å². The quantitative estimate of drug-likeness (QED) is 0.809. The van der Waals surface area contributed by atoms with Crippen molar-refractivity contribution in [1.82, 2.24) is 4.98 Å². The van der Waals surface area contributed by atoms with Crippen LogP contribution in [-0.2, 0) is 15.7 Å². The maximum atomic E-state index is 11.4. The zero-order valence-corrected chi connectivity index (χ0v) is 11.0. The lowest BCUT2D eigenvalue weighted by Crippen LogP contribution is -1.97. The van der Waals surface area contributed by atoms with Gasteiger partial charge in [0.2, 0.25) is 0 Å². The van der Waals surface area contributed by atoms with E-state index >= 15 is 0 Å². The molecule has 0 N–H and O–H groups in total. The Labute approximate surface area is 109 Å². The molecule has 0 fully saturated rings. The number of sulfone groups is 1. The second-order valence-electron chi connectivity index (χ2n) is 3.59. The average molecular weight is 288 g/mol. The van der Waals surface area contributed by atoms with Crippen LogP contribution in [0.15, 0.2) is 39.8 Å². The maximum Gasteiger partial charge on any atom is 0.399 e. The molecule has 1 aromatic heterocycles. The first-order valence-electron chi connectivity index (χ1n) is 4.97. The minimum atomic E-state index is -3.27. The SMILES string of the molecule is CS(=O)(=O)c1cccc(Oc2nc(CCl)co2)c1. The highest BCUT2D eigenvalue weighted by atomic mass is 35.5. The van der Waals surface area contributed by atoms with Crippen molar-refractivity contribution in [2.24, 2.45) is 0 Å². The number of nitrogens with zero attached hydrogens (tertiary/aromatic N) is 1. The van der Waals surface area contributed by atoms with E-state index in [1.807, 2.05) is 0 Å². The van der Waals surface area contributed by atoms with Crippen LogP contribution in [0.1, 0.15) is 5.69 Å². The molecule has 0 bridgehead atoms. The smallest absolute Gasteiger partial charge is 0.399 e. The van der Waals surface area contributed by atoms with E-state index < -0.39 is 9.84 Å². The number of alkyl halides is 1. The van der Waals surface area contributed by atoms with Crippen LogP contribution in [0.3, 0.4) is 0 Å². The van der Waals surface area contributed by atoms with Gasteiger partial charge in [-0.25, -0.2) is 8.42 Å². The number of rotatable bonds is 4. The molecule has 0 unspecified atom stereocenters. The van der Waals surface area contributed by atoms with Crippen molar-refractivity contribution in [3.8, 4) is 11.8 Å². The van der Waals surface area contributed by atoms with E-state index in [2.05, 4.69) is 4.98 Å². The molecule has 0 saturated heterocycles. The van der Waals surface area contributed by atoms with Crippen LogP contribution in [0.2, 0.25) is 0 Å². The molecule has 7 heteroatoms. The van der Waals surface area contributed by atoms with Crippen LogP contribution in [0, 0.1) is 0 Å². The van der Waals surface area contributed by atoms with Crippen molar-refractivity contribution in [2.75, 3.05) is 6.26 Å². The minimum absolute atomic E-state index is 0.0244. The Morgan fingerprint density at radius 1 is 1.44 bits per heavy atom. The number of hydrogen-bond donors (Lipinski definition) is 0. The van der Waals surface area contributed by atoms with E-state index in [0.717, 1.165) is 6.26 Å². The Morgan fingerprint density at radius 2 is 2.22 bits per heavy atom. The van der Waals surface area contributed by atoms with E-state index in [1.165, 1.54) is 18.4 Å². The third kappa shape index (κ3) is 3.02. The van der Waals surface area contributed by atoms with Gasteiger partial charge >= 0.3 is 6.08 Å². The Bertz CT molecular complexity index is 651. The molecular weight excluding hydrogens is 278 g/mol. The van der Waals surface area contributed by atoms with Crippen LogP contribution in [-0.4, -0.2) is 19.7 Å². The molecule has 1 heterocycles. The number of oxazole rings is 1. The molecule has 0 radical (unpaired) electrons. The van der Waals surface area contributed by atoms with Gasteiger partial charge in [-0.3, -0.25) is 0 Å². The summed E-state index contributed by atoms with van der Waals surface area (Å²) in [5, 5.41) is 0. The predicted molar refractivity (Wildman–Crippen MR) is 65.7 cm³/mol. The summed E-state index contributed by atoms with van der Waals surface area (Å²) in [7, 11) is -3.27. The van der Waals surface area contributed by atoms with E-state index in [1.54, 1.807) is 12.1 Å². The van der Waals surface area contributed by atoms with Crippen molar-refractivity contribution in [1.29, 1.82) is 0 Å². The normalized spacial score (nSPS) is 11.4. The van der Waals surface area contributed by atoms with Crippen LogP contribution in [0.25, 0.3) is 0 Å². The molecule has 0 amide bonds. The topological polar surface area (TPSA) is 69.4 Å². The summed E-state index contributed by atoms with van der Waals surface area (Å²) < 4.78 is 33.1.